The van der Waals surface area contributed by atoms with Crippen molar-refractivity contribution >= 4 is 20.1 Å². The van der Waals surface area contributed by atoms with Gasteiger partial charge in [0.25, 0.3) is 0 Å². The molecule has 0 N–H and O–H groups in total. The highest BCUT2D eigenvalue weighted by atomic mass is 28.4. The number of Topliss-reactive ketones (excluding diaryl/α,β-unsaturated/α-hetero) is 1. The van der Waals surface area contributed by atoms with Crippen LogP contribution in [-0.4, -0.2) is 38.6 Å². The summed E-state index contributed by atoms with van der Waals surface area (Å²) in [4.78, 5) is 24.8. The van der Waals surface area contributed by atoms with Crippen molar-refractivity contribution in [2.75, 3.05) is 7.11 Å². The van der Waals surface area contributed by atoms with Crippen molar-refractivity contribution in [3.8, 4) is 0 Å². The Kier molecular flexibility index (Phi) is 5.08. The first kappa shape index (κ1) is 19.6. The second kappa shape index (κ2) is 6.22. The van der Waals surface area contributed by atoms with Crippen molar-refractivity contribution < 1.29 is 23.5 Å². The third-order valence-corrected chi connectivity index (χ3v) is 12.2. The van der Waals surface area contributed by atoms with E-state index in [9.17, 15) is 9.59 Å². The van der Waals surface area contributed by atoms with Crippen LogP contribution in [0.1, 0.15) is 61.3 Å². The second-order valence-corrected chi connectivity index (χ2v) is 13.8. The minimum absolute atomic E-state index is 0.0295. The van der Waals surface area contributed by atoms with Gasteiger partial charge in [-0.25, -0.2) is 0 Å². The lowest BCUT2D eigenvalue weighted by molar-refractivity contribution is -0.197. The number of fused-ring (bicyclic) bond motifs is 2. The number of carbonyl (C=O) groups excluding carboxylic acids is 2. The summed E-state index contributed by atoms with van der Waals surface area (Å²) in [5.74, 6) is -2.00. The molecule has 2 saturated heterocycles. The summed E-state index contributed by atoms with van der Waals surface area (Å²) in [5, 5.41) is 0. The summed E-state index contributed by atoms with van der Waals surface area (Å²) in [6.45, 7) is 14.9. The highest BCUT2D eigenvalue weighted by Crippen LogP contribution is 2.57. The van der Waals surface area contributed by atoms with Crippen molar-refractivity contribution in [2.45, 2.75) is 89.3 Å². The predicted molar refractivity (Wildman–Crippen MR) is 94.1 cm³/mol. The predicted octanol–water partition coefficient (Wildman–Crippen LogP) is 3.82. The molecule has 0 aromatic carbocycles. The highest BCUT2D eigenvalue weighted by molar-refractivity contribution is 6.77. The maximum Gasteiger partial charge on any atom is 0.314 e. The lowest BCUT2D eigenvalue weighted by Crippen LogP contribution is -2.57. The van der Waals surface area contributed by atoms with Crippen molar-refractivity contribution in [3.05, 3.63) is 0 Å². The average Bonchev–Trinajstić information content (AvgIpc) is 2.89. The number of hydrogen-bond donors (Lipinski definition) is 0. The molecular formula is C18H32O5Si. The lowest BCUT2D eigenvalue weighted by atomic mass is 9.79. The number of methoxy groups -OCH3 is 1. The molecule has 0 aliphatic carbocycles. The SMILES string of the molecule is COC(=O)[C@H]1C[C@]2(C)O[C@@]1(O[Si](C(C)C)(C(C)C)C(C)C)CC2=O. The van der Waals surface area contributed by atoms with Crippen LogP contribution in [0.25, 0.3) is 0 Å². The molecule has 0 aromatic rings. The maximum absolute atomic E-state index is 12.5. The number of esters is 1. The molecule has 2 aliphatic heterocycles. The van der Waals surface area contributed by atoms with Gasteiger partial charge < -0.3 is 13.9 Å². The molecule has 0 saturated carbocycles. The number of carbonyl (C=O) groups is 2. The Morgan fingerprint density at radius 1 is 1.17 bits per heavy atom. The quantitative estimate of drug-likeness (QED) is 0.535. The van der Waals surface area contributed by atoms with Crippen LogP contribution in [0.3, 0.4) is 0 Å². The van der Waals surface area contributed by atoms with E-state index in [2.05, 4.69) is 41.5 Å². The van der Waals surface area contributed by atoms with Crippen LogP contribution in [-0.2, 0) is 23.5 Å². The van der Waals surface area contributed by atoms with Gasteiger partial charge in [-0.1, -0.05) is 41.5 Å². The monoisotopic (exact) mass is 356 g/mol. The summed E-state index contributed by atoms with van der Waals surface area (Å²) in [7, 11) is -0.928. The Bertz CT molecular complexity index is 508. The number of rotatable bonds is 6. The highest BCUT2D eigenvalue weighted by Gasteiger charge is 2.70. The Labute approximate surface area is 146 Å². The number of hydrogen-bond acceptors (Lipinski definition) is 5. The summed E-state index contributed by atoms with van der Waals surface area (Å²) >= 11 is 0. The van der Waals surface area contributed by atoms with Gasteiger partial charge in [0.2, 0.25) is 8.32 Å². The van der Waals surface area contributed by atoms with Gasteiger partial charge in [-0.05, 0) is 23.5 Å². The molecule has 3 atom stereocenters. The summed E-state index contributed by atoms with van der Waals surface area (Å²) in [5.41, 5.74) is 0.105. The molecule has 0 amide bonds. The van der Waals surface area contributed by atoms with Crippen LogP contribution in [0.5, 0.6) is 0 Å². The second-order valence-electron chi connectivity index (χ2n) is 8.44. The first-order valence-corrected chi connectivity index (χ1v) is 11.1. The van der Waals surface area contributed by atoms with Crippen LogP contribution in [0.2, 0.25) is 16.6 Å². The minimum atomic E-state index is -2.31. The van der Waals surface area contributed by atoms with Gasteiger partial charge in [0.05, 0.1) is 13.5 Å². The molecule has 2 fully saturated rings. The van der Waals surface area contributed by atoms with E-state index in [0.717, 1.165) is 0 Å². The van der Waals surface area contributed by atoms with Gasteiger partial charge in [0.15, 0.2) is 11.6 Å². The Hall–Kier alpha value is -0.723. The molecule has 0 spiro atoms. The topological polar surface area (TPSA) is 61.8 Å². The van der Waals surface area contributed by atoms with E-state index in [1.807, 2.05) is 0 Å². The van der Waals surface area contributed by atoms with Gasteiger partial charge >= 0.3 is 5.97 Å². The standard InChI is InChI=1S/C18H32O5Si/c1-11(2)24(12(3)4,13(5)6)23-18-10-15(19)17(7,22-18)9-14(18)16(20)21-8/h11-14H,9-10H2,1-8H3/t14-,17+,18-/m1/s1. The van der Waals surface area contributed by atoms with Gasteiger partial charge in [0, 0.05) is 6.42 Å². The van der Waals surface area contributed by atoms with Gasteiger partial charge in [-0.2, -0.15) is 0 Å². The van der Waals surface area contributed by atoms with E-state index in [-0.39, 0.29) is 18.2 Å². The summed E-state index contributed by atoms with van der Waals surface area (Å²) in [6, 6.07) is 0. The smallest absolute Gasteiger partial charge is 0.314 e. The minimum Gasteiger partial charge on any atom is -0.469 e. The number of ketones is 1. The molecule has 6 heteroatoms. The molecule has 0 unspecified atom stereocenters. The van der Waals surface area contributed by atoms with Gasteiger partial charge in [-0.3, -0.25) is 9.59 Å². The van der Waals surface area contributed by atoms with Gasteiger partial charge in [-0.15, -0.1) is 0 Å². The van der Waals surface area contributed by atoms with Crippen LogP contribution < -0.4 is 0 Å². The Balaban J connectivity index is 2.49. The molecular weight excluding hydrogens is 324 g/mol. The third kappa shape index (κ3) is 2.67. The molecule has 2 heterocycles. The first-order valence-electron chi connectivity index (χ1n) is 8.96. The maximum atomic E-state index is 12.5. The Morgan fingerprint density at radius 3 is 2.04 bits per heavy atom. The van der Waals surface area contributed by atoms with E-state index in [1.165, 1.54) is 7.11 Å². The first-order chi connectivity index (χ1) is 10.9. The van der Waals surface area contributed by atoms with Crippen molar-refractivity contribution in [2.24, 2.45) is 5.92 Å². The zero-order valence-electron chi connectivity index (χ0n) is 16.3. The fourth-order valence-corrected chi connectivity index (χ4v) is 10.5. The summed E-state index contributed by atoms with van der Waals surface area (Å²) < 4.78 is 18.0. The van der Waals surface area contributed by atoms with Crippen LogP contribution >= 0.6 is 0 Å². The van der Waals surface area contributed by atoms with E-state index in [0.29, 0.717) is 23.0 Å². The van der Waals surface area contributed by atoms with Crippen molar-refractivity contribution in [3.63, 3.8) is 0 Å². The van der Waals surface area contributed by atoms with Crippen LogP contribution in [0.4, 0.5) is 0 Å². The van der Waals surface area contributed by atoms with Crippen molar-refractivity contribution in [1.29, 1.82) is 0 Å². The zero-order chi connectivity index (χ0) is 18.5. The molecule has 24 heavy (non-hydrogen) atoms. The van der Waals surface area contributed by atoms with E-state index >= 15 is 0 Å². The molecule has 0 radical (unpaired) electrons. The summed E-state index contributed by atoms with van der Waals surface area (Å²) in [6.07, 6.45) is 0.488. The molecule has 2 aliphatic rings. The molecule has 2 rings (SSSR count). The van der Waals surface area contributed by atoms with E-state index < -0.39 is 25.6 Å². The largest absolute Gasteiger partial charge is 0.469 e. The van der Waals surface area contributed by atoms with E-state index in [1.54, 1.807) is 6.92 Å². The molecule has 5 nitrogen and oxygen atoms in total. The zero-order valence-corrected chi connectivity index (χ0v) is 17.3. The lowest BCUT2D eigenvalue weighted by Gasteiger charge is -2.48. The van der Waals surface area contributed by atoms with Crippen LogP contribution in [0.15, 0.2) is 0 Å². The molecule has 138 valence electrons. The average molecular weight is 357 g/mol. The van der Waals surface area contributed by atoms with Crippen molar-refractivity contribution in [1.82, 2.24) is 0 Å². The van der Waals surface area contributed by atoms with Crippen LogP contribution in [0, 0.1) is 5.92 Å². The molecule has 0 aromatic heterocycles. The fraction of sp³-hybridized carbons (Fsp3) is 0.889. The normalized spacial score (nSPS) is 33.1. The Morgan fingerprint density at radius 2 is 1.67 bits per heavy atom. The van der Waals surface area contributed by atoms with E-state index in [4.69, 9.17) is 13.9 Å². The van der Waals surface area contributed by atoms with Gasteiger partial charge in [0.1, 0.15) is 11.5 Å². The molecule has 2 bridgehead atoms. The fourth-order valence-electron chi connectivity index (χ4n) is 4.97. The number of ether oxygens (including phenoxy) is 2. The third-order valence-electron chi connectivity index (χ3n) is 6.06.